The fourth-order valence-electron chi connectivity index (χ4n) is 2.31. The molecule has 3 rings (SSSR count). The number of aryl methyl sites for hydroxylation is 1. The molecule has 0 unspecified atom stereocenters. The van der Waals surface area contributed by atoms with Crippen LogP contribution in [0, 0.1) is 0 Å². The van der Waals surface area contributed by atoms with Crippen LogP contribution in [0.2, 0.25) is 0 Å². The molecule has 0 radical (unpaired) electrons. The number of carboxylic acid groups (broad SMARTS) is 1. The third kappa shape index (κ3) is 1.67. The Morgan fingerprint density at radius 1 is 1.26 bits per heavy atom. The van der Waals surface area contributed by atoms with Crippen molar-refractivity contribution >= 4 is 16.9 Å². The van der Waals surface area contributed by atoms with Gasteiger partial charge < -0.3 is 19.8 Å². The number of phenols is 1. The largest absolute Gasteiger partial charge is 0.507 e. The Morgan fingerprint density at radius 3 is 2.74 bits per heavy atom. The number of hydrogen-bond acceptors (Lipinski definition) is 2. The van der Waals surface area contributed by atoms with Gasteiger partial charge in [-0.1, -0.05) is 6.07 Å². The summed E-state index contributed by atoms with van der Waals surface area (Å²) in [4.78, 5) is 13.7. The number of H-pyrrole nitrogens is 1. The van der Waals surface area contributed by atoms with Gasteiger partial charge in [-0.05, 0) is 24.3 Å². The number of rotatable bonds is 2. The van der Waals surface area contributed by atoms with E-state index in [4.69, 9.17) is 5.11 Å². The number of aromatic carboxylic acids is 1. The number of fused-ring (bicyclic) bond motifs is 1. The summed E-state index contributed by atoms with van der Waals surface area (Å²) in [5.41, 5.74) is 2.47. The minimum Gasteiger partial charge on any atom is -0.507 e. The van der Waals surface area contributed by atoms with Crippen molar-refractivity contribution in [1.29, 1.82) is 0 Å². The van der Waals surface area contributed by atoms with Crippen molar-refractivity contribution in [3.8, 4) is 17.0 Å². The first kappa shape index (κ1) is 11.4. The van der Waals surface area contributed by atoms with E-state index in [9.17, 15) is 9.90 Å². The van der Waals surface area contributed by atoms with Gasteiger partial charge in [0.25, 0.3) is 0 Å². The first-order valence-corrected chi connectivity index (χ1v) is 5.77. The van der Waals surface area contributed by atoms with Crippen LogP contribution in [0.25, 0.3) is 22.2 Å². The molecule has 0 saturated heterocycles. The molecule has 0 saturated carbocycles. The number of benzene rings is 1. The normalized spacial score (nSPS) is 11.0. The van der Waals surface area contributed by atoms with Crippen molar-refractivity contribution < 1.29 is 15.0 Å². The lowest BCUT2D eigenvalue weighted by Crippen LogP contribution is -1.95. The highest BCUT2D eigenvalue weighted by Crippen LogP contribution is 2.35. The molecule has 0 bridgehead atoms. The lowest BCUT2D eigenvalue weighted by molar-refractivity contribution is 0.0691. The van der Waals surface area contributed by atoms with Crippen LogP contribution in [0.1, 0.15) is 10.5 Å². The fourth-order valence-corrected chi connectivity index (χ4v) is 2.31. The number of carboxylic acids is 1. The van der Waals surface area contributed by atoms with Gasteiger partial charge in [-0.15, -0.1) is 0 Å². The van der Waals surface area contributed by atoms with E-state index in [0.717, 1.165) is 11.1 Å². The molecule has 0 aliphatic heterocycles. The van der Waals surface area contributed by atoms with Crippen molar-refractivity contribution in [2.45, 2.75) is 0 Å². The highest BCUT2D eigenvalue weighted by atomic mass is 16.4. The van der Waals surface area contributed by atoms with E-state index >= 15 is 0 Å². The molecule has 3 aromatic rings. The molecule has 0 fully saturated rings. The van der Waals surface area contributed by atoms with Crippen LogP contribution >= 0.6 is 0 Å². The molecule has 19 heavy (non-hydrogen) atoms. The third-order valence-electron chi connectivity index (χ3n) is 3.20. The molecule has 0 atom stereocenters. The van der Waals surface area contributed by atoms with Crippen LogP contribution in [0.5, 0.6) is 5.75 Å². The van der Waals surface area contributed by atoms with Gasteiger partial charge >= 0.3 is 5.97 Å². The molecule has 0 aliphatic carbocycles. The van der Waals surface area contributed by atoms with Crippen molar-refractivity contribution in [2.75, 3.05) is 0 Å². The molecule has 5 nitrogen and oxygen atoms in total. The number of aromatic hydroxyl groups is 1. The highest BCUT2D eigenvalue weighted by molar-refractivity contribution is 6.00. The number of nitrogens with zero attached hydrogens (tertiary/aromatic N) is 1. The summed E-state index contributed by atoms with van der Waals surface area (Å²) >= 11 is 0. The number of aromatic amines is 1. The Bertz CT molecular complexity index is 783. The van der Waals surface area contributed by atoms with Crippen molar-refractivity contribution in [3.63, 3.8) is 0 Å². The van der Waals surface area contributed by atoms with Gasteiger partial charge in [0.05, 0.1) is 10.9 Å². The maximum absolute atomic E-state index is 10.9. The zero-order chi connectivity index (χ0) is 13.6. The van der Waals surface area contributed by atoms with Crippen LogP contribution in [0.15, 0.2) is 36.5 Å². The number of aromatic nitrogens is 2. The summed E-state index contributed by atoms with van der Waals surface area (Å²) in [6, 6.07) is 8.51. The molecule has 0 spiro atoms. The molecule has 5 heteroatoms. The zero-order valence-corrected chi connectivity index (χ0v) is 10.2. The summed E-state index contributed by atoms with van der Waals surface area (Å²) in [6.45, 7) is 0. The lowest BCUT2D eigenvalue weighted by atomic mass is 10.1. The van der Waals surface area contributed by atoms with Gasteiger partial charge in [0.1, 0.15) is 11.4 Å². The van der Waals surface area contributed by atoms with Crippen LogP contribution in [0.4, 0.5) is 0 Å². The standard InChI is InChI=1S/C14H12N2O3/c1-16-7-8(9-5-6-10(15-9)14(18)19)13-11(16)3-2-4-12(13)17/h2-7,15,17H,1H3,(H,18,19). The predicted molar refractivity (Wildman–Crippen MR) is 71.3 cm³/mol. The number of phenolic OH excluding ortho intramolecular Hbond substituents is 1. The molecule has 3 N–H and O–H groups in total. The van der Waals surface area contributed by atoms with Crippen molar-refractivity contribution in [1.82, 2.24) is 9.55 Å². The monoisotopic (exact) mass is 256 g/mol. The van der Waals surface area contributed by atoms with Crippen LogP contribution < -0.4 is 0 Å². The lowest BCUT2D eigenvalue weighted by Gasteiger charge is -1.99. The van der Waals surface area contributed by atoms with Crippen LogP contribution in [-0.2, 0) is 7.05 Å². The maximum Gasteiger partial charge on any atom is 0.352 e. The van der Waals surface area contributed by atoms with Gasteiger partial charge in [0.2, 0.25) is 0 Å². The topological polar surface area (TPSA) is 78.2 Å². The number of carbonyl (C=O) groups is 1. The van der Waals surface area contributed by atoms with Crippen molar-refractivity contribution in [2.24, 2.45) is 7.05 Å². The molecule has 0 aliphatic rings. The average molecular weight is 256 g/mol. The molecule has 2 aromatic heterocycles. The number of hydrogen-bond donors (Lipinski definition) is 3. The predicted octanol–water partition coefficient (Wildman–Crippen LogP) is 2.58. The Labute approximate surface area is 108 Å². The Kier molecular flexibility index (Phi) is 2.35. The van der Waals surface area contributed by atoms with Gasteiger partial charge in [-0.2, -0.15) is 0 Å². The minimum absolute atomic E-state index is 0.127. The Balaban J connectivity index is 2.27. The Hall–Kier alpha value is -2.69. The molecule has 0 amide bonds. The number of nitrogens with one attached hydrogen (secondary N) is 1. The van der Waals surface area contributed by atoms with E-state index in [-0.39, 0.29) is 11.4 Å². The molecular formula is C14H12N2O3. The van der Waals surface area contributed by atoms with E-state index in [2.05, 4.69) is 4.98 Å². The molecule has 1 aromatic carbocycles. The maximum atomic E-state index is 10.9. The van der Waals surface area contributed by atoms with E-state index in [1.165, 1.54) is 6.07 Å². The fraction of sp³-hybridized carbons (Fsp3) is 0.0714. The van der Waals surface area contributed by atoms with Crippen LogP contribution in [0.3, 0.4) is 0 Å². The summed E-state index contributed by atoms with van der Waals surface area (Å²) < 4.78 is 1.89. The van der Waals surface area contributed by atoms with E-state index in [1.807, 2.05) is 23.9 Å². The van der Waals surface area contributed by atoms with Gasteiger partial charge in [0, 0.05) is 24.5 Å². The van der Waals surface area contributed by atoms with Crippen LogP contribution in [-0.4, -0.2) is 25.7 Å². The second-order valence-corrected chi connectivity index (χ2v) is 4.42. The first-order valence-electron chi connectivity index (χ1n) is 5.77. The summed E-state index contributed by atoms with van der Waals surface area (Å²) in [5.74, 6) is -0.824. The Morgan fingerprint density at radius 2 is 2.05 bits per heavy atom. The molecular weight excluding hydrogens is 244 g/mol. The van der Waals surface area contributed by atoms with E-state index < -0.39 is 5.97 Å². The SMILES string of the molecule is Cn1cc(-c2ccc(C(=O)O)[nH]2)c2c(O)cccc21. The van der Waals surface area contributed by atoms with Gasteiger partial charge in [-0.25, -0.2) is 4.79 Å². The highest BCUT2D eigenvalue weighted by Gasteiger charge is 2.14. The summed E-state index contributed by atoms with van der Waals surface area (Å²) in [7, 11) is 1.88. The first-order chi connectivity index (χ1) is 9.08. The zero-order valence-electron chi connectivity index (χ0n) is 10.2. The summed E-state index contributed by atoms with van der Waals surface area (Å²) in [5, 5.41) is 19.6. The second-order valence-electron chi connectivity index (χ2n) is 4.42. The summed E-state index contributed by atoms with van der Waals surface area (Å²) in [6.07, 6.45) is 1.86. The smallest absolute Gasteiger partial charge is 0.352 e. The molecule has 2 heterocycles. The van der Waals surface area contributed by atoms with E-state index in [0.29, 0.717) is 11.1 Å². The quantitative estimate of drug-likeness (QED) is 0.659. The average Bonchev–Trinajstić information content (AvgIpc) is 2.95. The van der Waals surface area contributed by atoms with E-state index in [1.54, 1.807) is 18.2 Å². The van der Waals surface area contributed by atoms with Crippen molar-refractivity contribution in [3.05, 3.63) is 42.2 Å². The second kappa shape index (κ2) is 3.91. The minimum atomic E-state index is -1.00. The van der Waals surface area contributed by atoms with Gasteiger partial charge in [-0.3, -0.25) is 0 Å². The third-order valence-corrected chi connectivity index (χ3v) is 3.20. The molecule has 96 valence electrons. The van der Waals surface area contributed by atoms with Gasteiger partial charge in [0.15, 0.2) is 0 Å².